The van der Waals surface area contributed by atoms with Crippen LogP contribution in [0.1, 0.15) is 38.5 Å². The van der Waals surface area contributed by atoms with E-state index >= 15 is 0 Å². The predicted octanol–water partition coefficient (Wildman–Crippen LogP) is 1.14. The first kappa shape index (κ1) is 12.4. The standard InChI is InChI=1S/C14H24N2O2/c15-7-10-1-3-11(4-2-10)14(17)16-8-12-5-6-13(9-16)18-12/h10-13H,1-9,15H2. The van der Waals surface area contributed by atoms with E-state index in [9.17, 15) is 4.79 Å². The van der Waals surface area contributed by atoms with E-state index in [2.05, 4.69) is 4.90 Å². The Hall–Kier alpha value is -0.610. The molecule has 3 fully saturated rings. The van der Waals surface area contributed by atoms with Crippen molar-refractivity contribution in [3.63, 3.8) is 0 Å². The third-order valence-electron chi connectivity index (χ3n) is 4.88. The Balaban J connectivity index is 1.55. The van der Waals surface area contributed by atoms with Crippen molar-refractivity contribution in [2.45, 2.75) is 50.7 Å². The number of hydrogen-bond acceptors (Lipinski definition) is 3. The van der Waals surface area contributed by atoms with Crippen LogP contribution in [0.5, 0.6) is 0 Å². The molecule has 0 spiro atoms. The molecule has 4 nitrogen and oxygen atoms in total. The SMILES string of the molecule is NCC1CCC(C(=O)N2CC3CCC(C2)O3)CC1. The van der Waals surface area contributed by atoms with Gasteiger partial charge >= 0.3 is 0 Å². The summed E-state index contributed by atoms with van der Waals surface area (Å²) in [5, 5.41) is 0. The van der Waals surface area contributed by atoms with E-state index in [1.165, 1.54) is 0 Å². The number of morpholine rings is 1. The van der Waals surface area contributed by atoms with Crippen LogP contribution in [0, 0.1) is 11.8 Å². The summed E-state index contributed by atoms with van der Waals surface area (Å²) >= 11 is 0. The smallest absolute Gasteiger partial charge is 0.225 e. The number of carbonyl (C=O) groups excluding carboxylic acids is 1. The number of amides is 1. The third kappa shape index (κ3) is 2.41. The minimum Gasteiger partial charge on any atom is -0.371 e. The fourth-order valence-corrected chi connectivity index (χ4v) is 3.70. The molecule has 0 aromatic heterocycles. The molecule has 4 heteroatoms. The van der Waals surface area contributed by atoms with Crippen LogP contribution in [0.4, 0.5) is 0 Å². The van der Waals surface area contributed by atoms with Crippen LogP contribution in [-0.4, -0.2) is 42.6 Å². The second kappa shape index (κ2) is 5.17. The van der Waals surface area contributed by atoms with Gasteiger partial charge in [-0.1, -0.05) is 0 Å². The van der Waals surface area contributed by atoms with Gasteiger partial charge in [-0.25, -0.2) is 0 Å². The molecule has 102 valence electrons. The Kier molecular flexibility index (Phi) is 3.57. The van der Waals surface area contributed by atoms with E-state index < -0.39 is 0 Å². The summed E-state index contributed by atoms with van der Waals surface area (Å²) < 4.78 is 5.79. The van der Waals surface area contributed by atoms with Gasteiger partial charge in [0.2, 0.25) is 5.91 Å². The van der Waals surface area contributed by atoms with Crippen LogP contribution in [0.15, 0.2) is 0 Å². The molecule has 2 bridgehead atoms. The summed E-state index contributed by atoms with van der Waals surface area (Å²) in [5.74, 6) is 1.28. The molecule has 2 saturated heterocycles. The molecule has 1 saturated carbocycles. The monoisotopic (exact) mass is 252 g/mol. The number of fused-ring (bicyclic) bond motifs is 2. The average molecular weight is 252 g/mol. The van der Waals surface area contributed by atoms with Gasteiger partial charge in [-0.3, -0.25) is 4.79 Å². The van der Waals surface area contributed by atoms with Crippen LogP contribution in [0.2, 0.25) is 0 Å². The van der Waals surface area contributed by atoms with E-state index in [1.807, 2.05) is 0 Å². The van der Waals surface area contributed by atoms with Gasteiger partial charge < -0.3 is 15.4 Å². The average Bonchev–Trinajstić information content (AvgIpc) is 2.77. The van der Waals surface area contributed by atoms with E-state index in [4.69, 9.17) is 10.5 Å². The highest BCUT2D eigenvalue weighted by molar-refractivity contribution is 5.79. The van der Waals surface area contributed by atoms with Gasteiger partial charge in [0.1, 0.15) is 0 Å². The van der Waals surface area contributed by atoms with Crippen LogP contribution < -0.4 is 5.73 Å². The summed E-state index contributed by atoms with van der Waals surface area (Å²) in [6, 6.07) is 0. The summed E-state index contributed by atoms with van der Waals surface area (Å²) in [7, 11) is 0. The highest BCUT2D eigenvalue weighted by atomic mass is 16.5. The molecule has 1 amide bonds. The lowest BCUT2D eigenvalue weighted by molar-refractivity contribution is -0.145. The predicted molar refractivity (Wildman–Crippen MR) is 69.0 cm³/mol. The Morgan fingerprint density at radius 1 is 1.06 bits per heavy atom. The highest BCUT2D eigenvalue weighted by Crippen LogP contribution is 2.32. The van der Waals surface area contributed by atoms with Crippen LogP contribution in [0.25, 0.3) is 0 Å². The summed E-state index contributed by atoms with van der Waals surface area (Å²) in [6.07, 6.45) is 7.22. The molecule has 2 aliphatic heterocycles. The maximum Gasteiger partial charge on any atom is 0.225 e. The second-order valence-corrected chi connectivity index (χ2v) is 6.15. The molecule has 0 radical (unpaired) electrons. The summed E-state index contributed by atoms with van der Waals surface area (Å²) in [6.45, 7) is 2.43. The van der Waals surface area contributed by atoms with E-state index in [0.717, 1.165) is 58.2 Å². The quantitative estimate of drug-likeness (QED) is 0.802. The van der Waals surface area contributed by atoms with E-state index in [0.29, 0.717) is 24.0 Å². The summed E-state index contributed by atoms with van der Waals surface area (Å²) in [4.78, 5) is 14.6. The molecule has 1 aliphatic carbocycles. The van der Waals surface area contributed by atoms with Crippen LogP contribution in [-0.2, 0) is 9.53 Å². The fraction of sp³-hybridized carbons (Fsp3) is 0.929. The maximum atomic E-state index is 12.5. The Morgan fingerprint density at radius 3 is 2.22 bits per heavy atom. The maximum absolute atomic E-state index is 12.5. The van der Waals surface area contributed by atoms with Gasteiger partial charge in [0.05, 0.1) is 12.2 Å². The molecule has 2 unspecified atom stereocenters. The third-order valence-corrected chi connectivity index (χ3v) is 4.88. The van der Waals surface area contributed by atoms with Crippen molar-refractivity contribution in [3.8, 4) is 0 Å². The number of nitrogens with zero attached hydrogens (tertiary/aromatic N) is 1. The molecule has 18 heavy (non-hydrogen) atoms. The molecule has 2 N–H and O–H groups in total. The molecule has 3 rings (SSSR count). The van der Waals surface area contributed by atoms with Crippen molar-refractivity contribution in [2.75, 3.05) is 19.6 Å². The fourth-order valence-electron chi connectivity index (χ4n) is 3.70. The zero-order valence-corrected chi connectivity index (χ0v) is 11.0. The van der Waals surface area contributed by atoms with Gasteiger partial charge in [0, 0.05) is 19.0 Å². The number of ether oxygens (including phenoxy) is 1. The lowest BCUT2D eigenvalue weighted by Crippen LogP contribution is -2.48. The normalized spacial score (nSPS) is 39.9. The number of rotatable bonds is 2. The summed E-state index contributed by atoms with van der Waals surface area (Å²) in [5.41, 5.74) is 5.70. The van der Waals surface area contributed by atoms with E-state index in [1.54, 1.807) is 0 Å². The first-order chi connectivity index (χ1) is 8.76. The topological polar surface area (TPSA) is 55.6 Å². The Labute approximate surface area is 109 Å². The largest absolute Gasteiger partial charge is 0.371 e. The molecule has 2 heterocycles. The Bertz CT molecular complexity index is 301. The number of carbonyl (C=O) groups is 1. The van der Waals surface area contributed by atoms with Gasteiger partial charge in [0.15, 0.2) is 0 Å². The lowest BCUT2D eigenvalue weighted by Gasteiger charge is -2.36. The minimum atomic E-state index is 0.255. The van der Waals surface area contributed by atoms with Gasteiger partial charge in [-0.05, 0) is 51.0 Å². The molecule has 2 atom stereocenters. The van der Waals surface area contributed by atoms with Crippen LogP contribution in [0.3, 0.4) is 0 Å². The number of nitrogens with two attached hydrogens (primary N) is 1. The minimum absolute atomic E-state index is 0.255. The molecule has 3 aliphatic rings. The number of likely N-dealkylation sites (tertiary alicyclic amines) is 1. The van der Waals surface area contributed by atoms with Crippen molar-refractivity contribution in [1.29, 1.82) is 0 Å². The first-order valence-electron chi connectivity index (χ1n) is 7.40. The lowest BCUT2D eigenvalue weighted by atomic mass is 9.81. The van der Waals surface area contributed by atoms with Crippen molar-refractivity contribution in [3.05, 3.63) is 0 Å². The van der Waals surface area contributed by atoms with E-state index in [-0.39, 0.29) is 5.92 Å². The number of hydrogen-bond donors (Lipinski definition) is 1. The van der Waals surface area contributed by atoms with Crippen molar-refractivity contribution >= 4 is 5.91 Å². The molecule has 0 aromatic carbocycles. The van der Waals surface area contributed by atoms with Crippen molar-refractivity contribution < 1.29 is 9.53 Å². The van der Waals surface area contributed by atoms with Gasteiger partial charge in [-0.15, -0.1) is 0 Å². The van der Waals surface area contributed by atoms with Crippen molar-refractivity contribution in [2.24, 2.45) is 17.6 Å². The van der Waals surface area contributed by atoms with Gasteiger partial charge in [0.25, 0.3) is 0 Å². The van der Waals surface area contributed by atoms with Crippen LogP contribution >= 0.6 is 0 Å². The Morgan fingerprint density at radius 2 is 1.67 bits per heavy atom. The molecular formula is C14H24N2O2. The highest BCUT2D eigenvalue weighted by Gasteiger charge is 2.38. The zero-order valence-electron chi connectivity index (χ0n) is 11.0. The van der Waals surface area contributed by atoms with Gasteiger partial charge in [-0.2, -0.15) is 0 Å². The zero-order chi connectivity index (χ0) is 12.5. The first-order valence-corrected chi connectivity index (χ1v) is 7.40. The molecule has 0 aromatic rings. The molecular weight excluding hydrogens is 228 g/mol. The second-order valence-electron chi connectivity index (χ2n) is 6.15. The van der Waals surface area contributed by atoms with Crippen molar-refractivity contribution in [1.82, 2.24) is 4.90 Å².